The molecule has 1 aliphatic heterocycles. The van der Waals surface area contributed by atoms with Crippen LogP contribution in [0.2, 0.25) is 10.4 Å². The molecule has 0 aromatic carbocycles. The molecule has 96 valence electrons. The number of aliphatic hydroxyl groups excluding tert-OH is 2. The van der Waals surface area contributed by atoms with Crippen molar-refractivity contribution >= 4 is 46.1 Å². The lowest BCUT2D eigenvalue weighted by molar-refractivity contribution is 0.0313. The van der Waals surface area contributed by atoms with Gasteiger partial charge in [0.15, 0.2) is 10.8 Å². The van der Waals surface area contributed by atoms with Gasteiger partial charge in [-0.05, 0) is 11.6 Å². The van der Waals surface area contributed by atoms with Crippen LogP contribution in [0.5, 0.6) is 0 Å². The average molecular weight is 307 g/mol. The summed E-state index contributed by atoms with van der Waals surface area (Å²) < 4.78 is 1.65. The maximum Gasteiger partial charge on any atom is 0.225 e. The van der Waals surface area contributed by atoms with Gasteiger partial charge in [-0.3, -0.25) is 4.57 Å². The molecule has 2 aromatic heterocycles. The van der Waals surface area contributed by atoms with Crippen LogP contribution in [-0.2, 0) is 0 Å². The molecule has 0 amide bonds. The van der Waals surface area contributed by atoms with Crippen LogP contribution in [0.1, 0.15) is 5.37 Å². The van der Waals surface area contributed by atoms with Crippen LogP contribution < -0.4 is 0 Å². The van der Waals surface area contributed by atoms with E-state index in [1.165, 1.54) is 18.1 Å². The SMILES string of the molecule is O[C@@H]1[C@H](O)CS[C@H]1n1cnc2c(Cl)nc(Cl)nc21. The number of thioether (sulfide) groups is 1. The van der Waals surface area contributed by atoms with E-state index in [4.69, 9.17) is 23.2 Å². The molecule has 0 saturated carbocycles. The molecule has 2 N–H and O–H groups in total. The first-order valence-corrected chi connectivity index (χ1v) is 6.91. The number of nitrogens with zero attached hydrogens (tertiary/aromatic N) is 4. The Morgan fingerprint density at radius 2 is 2.11 bits per heavy atom. The third-order valence-corrected chi connectivity index (χ3v) is 4.56. The minimum atomic E-state index is -0.875. The quantitative estimate of drug-likeness (QED) is 0.606. The standard InChI is InChI=1S/C9H8Cl2N4O2S/c10-6-4-7(14-9(11)13-6)15(2-12-4)8-5(17)3(16)1-18-8/h2-3,5,8,16-17H,1H2/t3-,5-,8-/m1/s1. The molecule has 0 aliphatic carbocycles. The first-order chi connectivity index (χ1) is 8.58. The highest BCUT2D eigenvalue weighted by Gasteiger charge is 2.36. The van der Waals surface area contributed by atoms with Gasteiger partial charge in [0, 0.05) is 5.75 Å². The molecule has 0 radical (unpaired) electrons. The monoisotopic (exact) mass is 306 g/mol. The van der Waals surface area contributed by atoms with Crippen LogP contribution in [0, 0.1) is 0 Å². The van der Waals surface area contributed by atoms with E-state index in [2.05, 4.69) is 15.0 Å². The molecule has 3 heterocycles. The number of hydrogen-bond acceptors (Lipinski definition) is 6. The highest BCUT2D eigenvalue weighted by Crippen LogP contribution is 2.38. The van der Waals surface area contributed by atoms with Crippen LogP contribution >= 0.6 is 35.0 Å². The first kappa shape index (κ1) is 12.4. The molecule has 1 saturated heterocycles. The van der Waals surface area contributed by atoms with E-state index in [9.17, 15) is 10.2 Å². The minimum absolute atomic E-state index is 0.0206. The zero-order valence-corrected chi connectivity index (χ0v) is 11.2. The number of rotatable bonds is 1. The summed E-state index contributed by atoms with van der Waals surface area (Å²) in [6.45, 7) is 0. The second-order valence-electron chi connectivity index (χ2n) is 3.89. The molecule has 3 atom stereocenters. The van der Waals surface area contributed by atoms with Gasteiger partial charge in [-0.25, -0.2) is 9.97 Å². The summed E-state index contributed by atoms with van der Waals surface area (Å²) in [6, 6.07) is 0. The van der Waals surface area contributed by atoms with Gasteiger partial charge in [-0.1, -0.05) is 11.6 Å². The molecule has 6 nitrogen and oxygen atoms in total. The molecule has 9 heteroatoms. The van der Waals surface area contributed by atoms with Crippen molar-refractivity contribution in [3.8, 4) is 0 Å². The molecular weight excluding hydrogens is 299 g/mol. The van der Waals surface area contributed by atoms with Gasteiger partial charge in [0.1, 0.15) is 17.0 Å². The molecule has 0 unspecified atom stereocenters. The van der Waals surface area contributed by atoms with Crippen molar-refractivity contribution in [2.45, 2.75) is 17.6 Å². The maximum absolute atomic E-state index is 9.90. The van der Waals surface area contributed by atoms with E-state index in [0.29, 0.717) is 16.9 Å². The minimum Gasteiger partial charge on any atom is -0.389 e. The van der Waals surface area contributed by atoms with Gasteiger partial charge in [-0.2, -0.15) is 4.98 Å². The van der Waals surface area contributed by atoms with Crippen molar-refractivity contribution in [1.82, 2.24) is 19.5 Å². The van der Waals surface area contributed by atoms with E-state index in [0.717, 1.165) is 0 Å². The zero-order chi connectivity index (χ0) is 12.9. The third kappa shape index (κ3) is 1.86. The van der Waals surface area contributed by atoms with E-state index in [1.807, 2.05) is 0 Å². The fraction of sp³-hybridized carbons (Fsp3) is 0.444. The number of aliphatic hydroxyl groups is 2. The summed E-state index contributed by atoms with van der Waals surface area (Å²) >= 11 is 13.1. The predicted molar refractivity (Wildman–Crippen MR) is 68.9 cm³/mol. The lowest BCUT2D eigenvalue weighted by atomic mass is 10.2. The van der Waals surface area contributed by atoms with E-state index in [1.54, 1.807) is 4.57 Å². The summed E-state index contributed by atoms with van der Waals surface area (Å²) in [4.78, 5) is 12.0. The summed E-state index contributed by atoms with van der Waals surface area (Å²) in [5.74, 6) is 0.456. The molecule has 3 rings (SSSR count). The Morgan fingerprint density at radius 3 is 2.78 bits per heavy atom. The Bertz CT molecular complexity index is 608. The molecule has 0 spiro atoms. The Morgan fingerprint density at radius 1 is 1.33 bits per heavy atom. The topological polar surface area (TPSA) is 84.1 Å². The smallest absolute Gasteiger partial charge is 0.225 e. The second-order valence-corrected chi connectivity index (χ2v) is 5.74. The molecule has 1 fully saturated rings. The summed E-state index contributed by atoms with van der Waals surface area (Å²) in [5, 5.41) is 19.3. The van der Waals surface area contributed by atoms with Gasteiger partial charge >= 0.3 is 0 Å². The fourth-order valence-corrected chi connectivity index (χ4v) is 3.58. The average Bonchev–Trinajstić information content (AvgIpc) is 2.85. The van der Waals surface area contributed by atoms with Crippen molar-refractivity contribution in [3.05, 3.63) is 16.8 Å². The molecule has 1 aliphatic rings. The number of imidazole rings is 1. The van der Waals surface area contributed by atoms with E-state index < -0.39 is 12.2 Å². The van der Waals surface area contributed by atoms with Crippen LogP contribution in [-0.4, -0.2) is 47.7 Å². The summed E-state index contributed by atoms with van der Waals surface area (Å²) in [6.07, 6.45) is -0.120. The molecule has 18 heavy (non-hydrogen) atoms. The van der Waals surface area contributed by atoms with Crippen molar-refractivity contribution in [3.63, 3.8) is 0 Å². The van der Waals surface area contributed by atoms with E-state index >= 15 is 0 Å². The Labute approximate surface area is 116 Å². The van der Waals surface area contributed by atoms with Crippen molar-refractivity contribution < 1.29 is 10.2 Å². The number of halogens is 2. The fourth-order valence-electron chi connectivity index (χ4n) is 1.87. The second kappa shape index (κ2) is 4.50. The number of fused-ring (bicyclic) bond motifs is 1. The largest absolute Gasteiger partial charge is 0.389 e. The van der Waals surface area contributed by atoms with Gasteiger partial charge in [0.25, 0.3) is 0 Å². The van der Waals surface area contributed by atoms with Crippen LogP contribution in [0.15, 0.2) is 6.33 Å². The van der Waals surface area contributed by atoms with Crippen LogP contribution in [0.25, 0.3) is 11.2 Å². The Hall–Kier alpha value is -0.600. The summed E-state index contributed by atoms with van der Waals surface area (Å²) in [5.41, 5.74) is 0.876. The van der Waals surface area contributed by atoms with Crippen molar-refractivity contribution in [1.29, 1.82) is 0 Å². The maximum atomic E-state index is 9.90. The summed E-state index contributed by atoms with van der Waals surface area (Å²) in [7, 11) is 0. The molecular formula is C9H8Cl2N4O2S. The number of hydrogen-bond donors (Lipinski definition) is 2. The van der Waals surface area contributed by atoms with Crippen molar-refractivity contribution in [2.24, 2.45) is 0 Å². The molecule has 2 aromatic rings. The highest BCUT2D eigenvalue weighted by molar-refractivity contribution is 7.99. The van der Waals surface area contributed by atoms with Crippen molar-refractivity contribution in [2.75, 3.05) is 5.75 Å². The third-order valence-electron chi connectivity index (χ3n) is 2.75. The Balaban J connectivity index is 2.13. The van der Waals surface area contributed by atoms with Gasteiger partial charge in [0.2, 0.25) is 5.28 Å². The number of aromatic nitrogens is 4. The lowest BCUT2D eigenvalue weighted by Crippen LogP contribution is -2.27. The zero-order valence-electron chi connectivity index (χ0n) is 8.86. The van der Waals surface area contributed by atoms with Crippen LogP contribution in [0.4, 0.5) is 0 Å². The first-order valence-electron chi connectivity index (χ1n) is 5.11. The van der Waals surface area contributed by atoms with Gasteiger partial charge in [0.05, 0.1) is 12.4 Å². The normalized spacial score (nSPS) is 28.1. The van der Waals surface area contributed by atoms with Crippen LogP contribution in [0.3, 0.4) is 0 Å². The van der Waals surface area contributed by atoms with Gasteiger partial charge in [-0.15, -0.1) is 11.8 Å². The van der Waals surface area contributed by atoms with E-state index in [-0.39, 0.29) is 15.8 Å². The lowest BCUT2D eigenvalue weighted by Gasteiger charge is -2.16. The molecule has 0 bridgehead atoms. The Kier molecular flexibility index (Phi) is 3.11. The highest BCUT2D eigenvalue weighted by atomic mass is 35.5. The predicted octanol–water partition coefficient (Wildman–Crippen LogP) is 1.10. The van der Waals surface area contributed by atoms with Gasteiger partial charge < -0.3 is 10.2 Å².